The standard InChI is InChI=1S/C25H26ClN9O/c1-14(2)24(36)34-7-5-16(6-8-34)19-9-15(11-27)10-20(21(19)26)31-25-32-22(30-17-3-4-17)23-29-13-18(12-28)35(23)33-25/h9-10,13-14,16-17H,3-8H2,1-2H3,(H2,30,31,32,33). The predicted molar refractivity (Wildman–Crippen MR) is 135 cm³/mol. The number of amides is 1. The number of rotatable bonds is 6. The first-order chi connectivity index (χ1) is 17.4. The van der Waals surface area contributed by atoms with E-state index in [9.17, 15) is 15.3 Å². The van der Waals surface area contributed by atoms with Crippen LogP contribution in [0.2, 0.25) is 5.02 Å². The smallest absolute Gasteiger partial charge is 0.247 e. The molecule has 2 aromatic heterocycles. The molecule has 5 rings (SSSR count). The molecule has 3 heterocycles. The van der Waals surface area contributed by atoms with Crippen LogP contribution in [-0.4, -0.2) is 49.5 Å². The molecule has 1 aliphatic carbocycles. The maximum Gasteiger partial charge on any atom is 0.247 e. The lowest BCUT2D eigenvalue weighted by Crippen LogP contribution is -2.40. The van der Waals surface area contributed by atoms with Crippen molar-refractivity contribution in [3.63, 3.8) is 0 Å². The summed E-state index contributed by atoms with van der Waals surface area (Å²) in [6.07, 6.45) is 5.09. The maximum atomic E-state index is 12.4. The van der Waals surface area contributed by atoms with E-state index >= 15 is 0 Å². The summed E-state index contributed by atoms with van der Waals surface area (Å²) in [6, 6.07) is 8.13. The minimum absolute atomic E-state index is 0.0310. The second kappa shape index (κ2) is 9.63. The Kier molecular flexibility index (Phi) is 6.38. The monoisotopic (exact) mass is 503 g/mol. The van der Waals surface area contributed by atoms with Crippen molar-refractivity contribution in [2.75, 3.05) is 23.7 Å². The van der Waals surface area contributed by atoms with Gasteiger partial charge in [-0.2, -0.15) is 20.0 Å². The zero-order valence-corrected chi connectivity index (χ0v) is 20.9. The first kappa shape index (κ1) is 23.8. The summed E-state index contributed by atoms with van der Waals surface area (Å²) < 4.78 is 1.45. The molecule has 0 atom stereocenters. The number of aromatic nitrogens is 4. The molecule has 10 nitrogen and oxygen atoms in total. The van der Waals surface area contributed by atoms with Crippen molar-refractivity contribution in [3.05, 3.63) is 40.2 Å². The van der Waals surface area contributed by atoms with Gasteiger partial charge in [0, 0.05) is 25.0 Å². The molecule has 2 N–H and O–H groups in total. The van der Waals surface area contributed by atoms with Crippen LogP contribution in [0.1, 0.15) is 62.3 Å². The number of nitriles is 2. The molecule has 3 aromatic rings. The minimum atomic E-state index is -0.0310. The van der Waals surface area contributed by atoms with Gasteiger partial charge in [0.05, 0.1) is 28.5 Å². The van der Waals surface area contributed by atoms with Gasteiger partial charge in [-0.1, -0.05) is 25.4 Å². The normalized spacial score (nSPS) is 16.1. The fourth-order valence-corrected chi connectivity index (χ4v) is 4.84. The molecule has 2 aliphatic rings. The molecular weight excluding hydrogens is 478 g/mol. The molecule has 1 aromatic carbocycles. The van der Waals surface area contributed by atoms with Crippen LogP contribution >= 0.6 is 11.6 Å². The number of carbonyl (C=O) groups excluding carboxylic acids is 1. The number of hydrogen-bond donors (Lipinski definition) is 2. The SMILES string of the molecule is CC(C)C(=O)N1CCC(c2cc(C#N)cc(Nc3nc(NC4CC4)c4ncc(C#N)n4n3)c2Cl)CC1. The van der Waals surface area contributed by atoms with Crippen molar-refractivity contribution in [2.24, 2.45) is 5.92 Å². The summed E-state index contributed by atoms with van der Waals surface area (Å²) in [4.78, 5) is 23.2. The van der Waals surface area contributed by atoms with E-state index in [1.54, 1.807) is 6.07 Å². The van der Waals surface area contributed by atoms with Crippen LogP contribution in [0.15, 0.2) is 18.3 Å². The number of piperidine rings is 1. The third-order valence-electron chi connectivity index (χ3n) is 6.61. The molecule has 36 heavy (non-hydrogen) atoms. The average molecular weight is 504 g/mol. The van der Waals surface area contributed by atoms with Crippen molar-refractivity contribution >= 4 is 40.6 Å². The first-order valence-corrected chi connectivity index (χ1v) is 12.5. The number of anilines is 3. The van der Waals surface area contributed by atoms with Crippen molar-refractivity contribution in [1.29, 1.82) is 10.5 Å². The number of likely N-dealkylation sites (tertiary alicyclic amines) is 1. The quantitative estimate of drug-likeness (QED) is 0.510. The number of carbonyl (C=O) groups is 1. The van der Waals surface area contributed by atoms with Gasteiger partial charge in [-0.25, -0.2) is 4.98 Å². The zero-order chi connectivity index (χ0) is 25.4. The molecule has 1 amide bonds. The van der Waals surface area contributed by atoms with E-state index in [-0.39, 0.29) is 29.4 Å². The van der Waals surface area contributed by atoms with Crippen molar-refractivity contribution in [3.8, 4) is 12.1 Å². The molecule has 1 saturated heterocycles. The number of fused-ring (bicyclic) bond motifs is 1. The molecule has 0 spiro atoms. The summed E-state index contributed by atoms with van der Waals surface area (Å²) in [6.45, 7) is 5.14. The van der Waals surface area contributed by atoms with Crippen molar-refractivity contribution < 1.29 is 4.79 Å². The highest BCUT2D eigenvalue weighted by molar-refractivity contribution is 6.34. The molecule has 0 unspecified atom stereocenters. The topological polar surface area (TPSA) is 135 Å². The maximum absolute atomic E-state index is 12.4. The van der Waals surface area contributed by atoms with Gasteiger partial charge >= 0.3 is 0 Å². The number of nitrogens with one attached hydrogen (secondary N) is 2. The van der Waals surface area contributed by atoms with Crippen LogP contribution in [0.4, 0.5) is 17.5 Å². The highest BCUT2D eigenvalue weighted by atomic mass is 35.5. The molecule has 0 bridgehead atoms. The van der Waals surface area contributed by atoms with E-state index < -0.39 is 0 Å². The van der Waals surface area contributed by atoms with Gasteiger partial charge in [0.15, 0.2) is 17.2 Å². The Bertz CT molecular complexity index is 1410. The molecule has 1 aliphatic heterocycles. The van der Waals surface area contributed by atoms with Crippen LogP contribution in [0.25, 0.3) is 5.65 Å². The summed E-state index contributed by atoms with van der Waals surface area (Å²) in [5, 5.41) is 30.6. The van der Waals surface area contributed by atoms with Crippen LogP contribution in [0.3, 0.4) is 0 Å². The Morgan fingerprint density at radius 2 is 1.92 bits per heavy atom. The van der Waals surface area contributed by atoms with Gasteiger partial charge in [0.2, 0.25) is 11.9 Å². The second-order valence-electron chi connectivity index (χ2n) is 9.61. The van der Waals surface area contributed by atoms with Gasteiger partial charge in [0.1, 0.15) is 6.07 Å². The lowest BCUT2D eigenvalue weighted by atomic mass is 9.87. The highest BCUT2D eigenvalue weighted by Crippen LogP contribution is 2.39. The lowest BCUT2D eigenvalue weighted by molar-refractivity contribution is -0.135. The van der Waals surface area contributed by atoms with Crippen LogP contribution in [0, 0.1) is 28.6 Å². The Morgan fingerprint density at radius 3 is 2.56 bits per heavy atom. The van der Waals surface area contributed by atoms with Gasteiger partial charge < -0.3 is 15.5 Å². The summed E-state index contributed by atoms with van der Waals surface area (Å²) in [5.74, 6) is 1.02. The summed E-state index contributed by atoms with van der Waals surface area (Å²) >= 11 is 6.87. The Morgan fingerprint density at radius 1 is 1.17 bits per heavy atom. The molecule has 1 saturated carbocycles. The van der Waals surface area contributed by atoms with Crippen LogP contribution in [-0.2, 0) is 4.79 Å². The van der Waals surface area contributed by atoms with E-state index in [2.05, 4.69) is 37.8 Å². The molecule has 0 radical (unpaired) electrons. The molecule has 11 heteroatoms. The average Bonchev–Trinajstić information content (AvgIpc) is 3.60. The molecule has 2 fully saturated rings. The third-order valence-corrected chi connectivity index (χ3v) is 7.03. The summed E-state index contributed by atoms with van der Waals surface area (Å²) in [7, 11) is 0. The Balaban J connectivity index is 1.46. The molecular formula is C25H26ClN9O. The Labute approximate surface area is 213 Å². The van der Waals surface area contributed by atoms with E-state index in [4.69, 9.17) is 11.6 Å². The molecule has 184 valence electrons. The van der Waals surface area contributed by atoms with E-state index in [0.717, 1.165) is 31.2 Å². The fourth-order valence-electron chi connectivity index (χ4n) is 4.52. The van der Waals surface area contributed by atoms with Crippen LogP contribution < -0.4 is 10.6 Å². The van der Waals surface area contributed by atoms with Crippen molar-refractivity contribution in [2.45, 2.75) is 51.5 Å². The highest BCUT2D eigenvalue weighted by Gasteiger charge is 2.28. The third kappa shape index (κ3) is 4.65. The van der Waals surface area contributed by atoms with Gasteiger partial charge in [-0.05, 0) is 49.3 Å². The van der Waals surface area contributed by atoms with E-state index in [0.29, 0.717) is 46.9 Å². The lowest BCUT2D eigenvalue weighted by Gasteiger charge is -2.34. The van der Waals surface area contributed by atoms with Gasteiger partial charge in [0.25, 0.3) is 0 Å². The van der Waals surface area contributed by atoms with E-state index in [1.807, 2.05) is 24.8 Å². The number of halogens is 1. The fraction of sp³-hybridized carbons (Fsp3) is 0.440. The number of hydrogen-bond acceptors (Lipinski definition) is 8. The summed E-state index contributed by atoms with van der Waals surface area (Å²) in [5.41, 5.74) is 2.61. The second-order valence-corrected chi connectivity index (χ2v) is 9.99. The van der Waals surface area contributed by atoms with Gasteiger partial charge in [-0.15, -0.1) is 5.10 Å². The van der Waals surface area contributed by atoms with Crippen molar-refractivity contribution in [1.82, 2.24) is 24.5 Å². The minimum Gasteiger partial charge on any atom is -0.364 e. The number of imidazole rings is 1. The zero-order valence-electron chi connectivity index (χ0n) is 20.1. The Hall–Kier alpha value is -3.89. The number of nitrogens with zero attached hydrogens (tertiary/aromatic N) is 7. The van der Waals surface area contributed by atoms with Gasteiger partial charge in [-0.3, -0.25) is 4.79 Å². The van der Waals surface area contributed by atoms with Crippen LogP contribution in [0.5, 0.6) is 0 Å². The predicted octanol–water partition coefficient (Wildman–Crippen LogP) is 4.20. The largest absolute Gasteiger partial charge is 0.364 e. The number of benzene rings is 1. The first-order valence-electron chi connectivity index (χ1n) is 12.1. The van der Waals surface area contributed by atoms with E-state index in [1.165, 1.54) is 10.7 Å².